The Bertz CT molecular complexity index is 849. The van der Waals surface area contributed by atoms with Gasteiger partial charge in [0.25, 0.3) is 5.91 Å². The van der Waals surface area contributed by atoms with Gasteiger partial charge in [0.2, 0.25) is 0 Å². The highest BCUT2D eigenvalue weighted by atomic mass is 35.5. The molecule has 120 valence electrons. The lowest BCUT2D eigenvalue weighted by molar-refractivity contribution is 0.102. The molecule has 24 heavy (non-hydrogen) atoms. The summed E-state index contributed by atoms with van der Waals surface area (Å²) in [4.78, 5) is 16.3. The number of hydrogen-bond donors (Lipinski definition) is 1. The van der Waals surface area contributed by atoms with Crippen molar-refractivity contribution in [2.24, 2.45) is 0 Å². The van der Waals surface area contributed by atoms with Crippen molar-refractivity contribution in [3.05, 3.63) is 93.7 Å². The lowest BCUT2D eigenvalue weighted by atomic mass is 10.1. The van der Waals surface area contributed by atoms with Crippen molar-refractivity contribution in [1.82, 2.24) is 4.98 Å². The molecule has 0 spiro atoms. The summed E-state index contributed by atoms with van der Waals surface area (Å²) in [5, 5.41) is 3.66. The molecule has 1 amide bonds. The van der Waals surface area contributed by atoms with E-state index in [1.807, 2.05) is 36.4 Å². The molecule has 0 fully saturated rings. The standard InChI is InChI=1S/C19H14Cl2N2O/c20-15-3-6-17(18(21)12-15)19(24)23-16-4-1-13(2-5-16)11-14-7-9-22-10-8-14/h1-10,12H,11H2,(H,23,24). The lowest BCUT2D eigenvalue weighted by Crippen LogP contribution is -2.12. The van der Waals surface area contributed by atoms with E-state index in [4.69, 9.17) is 23.2 Å². The smallest absolute Gasteiger partial charge is 0.257 e. The number of rotatable bonds is 4. The first-order chi connectivity index (χ1) is 11.6. The van der Waals surface area contributed by atoms with Crippen LogP contribution in [0.1, 0.15) is 21.5 Å². The van der Waals surface area contributed by atoms with Gasteiger partial charge < -0.3 is 5.32 Å². The van der Waals surface area contributed by atoms with Crippen molar-refractivity contribution >= 4 is 34.8 Å². The van der Waals surface area contributed by atoms with E-state index >= 15 is 0 Å². The molecule has 0 aliphatic rings. The number of hydrogen-bond acceptors (Lipinski definition) is 2. The second-order valence-corrected chi connectivity index (χ2v) is 6.15. The number of carbonyl (C=O) groups excluding carboxylic acids is 1. The highest BCUT2D eigenvalue weighted by Crippen LogP contribution is 2.22. The molecule has 0 aliphatic heterocycles. The first kappa shape index (κ1) is 16.5. The first-order valence-electron chi connectivity index (χ1n) is 7.36. The van der Waals surface area contributed by atoms with E-state index < -0.39 is 0 Å². The number of aromatic nitrogens is 1. The van der Waals surface area contributed by atoms with Crippen LogP contribution in [0.5, 0.6) is 0 Å². The van der Waals surface area contributed by atoms with Crippen LogP contribution >= 0.6 is 23.2 Å². The van der Waals surface area contributed by atoms with Gasteiger partial charge in [0, 0.05) is 23.1 Å². The summed E-state index contributed by atoms with van der Waals surface area (Å²) in [7, 11) is 0. The Kier molecular flexibility index (Phi) is 5.14. The van der Waals surface area contributed by atoms with Gasteiger partial charge in [0.15, 0.2) is 0 Å². The maximum atomic E-state index is 12.3. The van der Waals surface area contributed by atoms with Crippen molar-refractivity contribution < 1.29 is 4.79 Å². The third-order valence-corrected chi connectivity index (χ3v) is 4.09. The summed E-state index contributed by atoms with van der Waals surface area (Å²) in [5.41, 5.74) is 3.45. The zero-order chi connectivity index (χ0) is 16.9. The van der Waals surface area contributed by atoms with Gasteiger partial charge in [-0.05, 0) is 60.0 Å². The van der Waals surface area contributed by atoms with Crippen LogP contribution in [0.4, 0.5) is 5.69 Å². The average molecular weight is 357 g/mol. The van der Waals surface area contributed by atoms with Crippen molar-refractivity contribution in [3.63, 3.8) is 0 Å². The van der Waals surface area contributed by atoms with Gasteiger partial charge in [0.05, 0.1) is 10.6 Å². The quantitative estimate of drug-likeness (QED) is 0.695. The Morgan fingerprint density at radius 1 is 0.917 bits per heavy atom. The van der Waals surface area contributed by atoms with E-state index in [0.29, 0.717) is 21.3 Å². The van der Waals surface area contributed by atoms with Crippen LogP contribution in [0.25, 0.3) is 0 Å². The van der Waals surface area contributed by atoms with Gasteiger partial charge in [-0.3, -0.25) is 9.78 Å². The average Bonchev–Trinajstić information content (AvgIpc) is 2.57. The maximum absolute atomic E-state index is 12.3. The topological polar surface area (TPSA) is 42.0 Å². The van der Waals surface area contributed by atoms with Crippen LogP contribution in [0.15, 0.2) is 67.0 Å². The molecule has 0 bridgehead atoms. The minimum Gasteiger partial charge on any atom is -0.322 e. The van der Waals surface area contributed by atoms with Crippen molar-refractivity contribution in [1.29, 1.82) is 0 Å². The molecular formula is C19H14Cl2N2O. The number of benzene rings is 2. The van der Waals surface area contributed by atoms with E-state index in [1.54, 1.807) is 30.6 Å². The molecule has 0 radical (unpaired) electrons. The Hall–Kier alpha value is -2.36. The molecule has 1 heterocycles. The second-order valence-electron chi connectivity index (χ2n) is 5.31. The fourth-order valence-corrected chi connectivity index (χ4v) is 2.81. The summed E-state index contributed by atoms with van der Waals surface area (Å²) in [6.07, 6.45) is 4.37. The largest absolute Gasteiger partial charge is 0.322 e. The van der Waals surface area contributed by atoms with Crippen LogP contribution in [-0.4, -0.2) is 10.9 Å². The Morgan fingerprint density at radius 2 is 1.58 bits per heavy atom. The zero-order valence-electron chi connectivity index (χ0n) is 12.7. The summed E-state index contributed by atoms with van der Waals surface area (Å²) in [6.45, 7) is 0. The highest BCUT2D eigenvalue weighted by molar-refractivity contribution is 6.37. The molecule has 0 atom stereocenters. The lowest BCUT2D eigenvalue weighted by Gasteiger charge is -2.08. The summed E-state index contributed by atoms with van der Waals surface area (Å²) in [6, 6.07) is 16.5. The normalized spacial score (nSPS) is 10.4. The fourth-order valence-electron chi connectivity index (χ4n) is 2.31. The second kappa shape index (κ2) is 7.47. The molecule has 1 aromatic heterocycles. The molecule has 3 rings (SSSR count). The van der Waals surface area contributed by atoms with Gasteiger partial charge in [-0.25, -0.2) is 0 Å². The van der Waals surface area contributed by atoms with Crippen molar-refractivity contribution in [3.8, 4) is 0 Å². The zero-order valence-corrected chi connectivity index (χ0v) is 14.2. The predicted molar refractivity (Wildman–Crippen MR) is 97.9 cm³/mol. The van der Waals surface area contributed by atoms with E-state index in [-0.39, 0.29) is 5.91 Å². The van der Waals surface area contributed by atoms with Gasteiger partial charge in [-0.15, -0.1) is 0 Å². The highest BCUT2D eigenvalue weighted by Gasteiger charge is 2.11. The van der Waals surface area contributed by atoms with E-state index in [1.165, 1.54) is 5.56 Å². The number of carbonyl (C=O) groups is 1. The molecule has 3 nitrogen and oxygen atoms in total. The third kappa shape index (κ3) is 4.13. The number of anilines is 1. The predicted octanol–water partition coefficient (Wildman–Crippen LogP) is 5.23. The van der Waals surface area contributed by atoms with Gasteiger partial charge in [0.1, 0.15) is 0 Å². The van der Waals surface area contributed by atoms with Gasteiger partial charge >= 0.3 is 0 Å². The van der Waals surface area contributed by atoms with E-state index in [2.05, 4.69) is 10.3 Å². The Morgan fingerprint density at radius 3 is 2.25 bits per heavy atom. The van der Waals surface area contributed by atoms with Crippen molar-refractivity contribution in [2.75, 3.05) is 5.32 Å². The number of pyridine rings is 1. The molecule has 3 aromatic rings. The first-order valence-corrected chi connectivity index (χ1v) is 8.11. The van der Waals surface area contributed by atoms with Crippen LogP contribution in [0, 0.1) is 0 Å². The summed E-state index contributed by atoms with van der Waals surface area (Å²) < 4.78 is 0. The summed E-state index contributed by atoms with van der Waals surface area (Å²) >= 11 is 11.9. The van der Waals surface area contributed by atoms with E-state index in [0.717, 1.165) is 12.0 Å². The minimum absolute atomic E-state index is 0.265. The van der Waals surface area contributed by atoms with Crippen LogP contribution in [0.3, 0.4) is 0 Å². The van der Waals surface area contributed by atoms with Gasteiger partial charge in [-0.1, -0.05) is 35.3 Å². The number of halogens is 2. The molecule has 5 heteroatoms. The third-order valence-electron chi connectivity index (χ3n) is 3.55. The molecular weight excluding hydrogens is 343 g/mol. The Labute approximate surface area is 150 Å². The van der Waals surface area contributed by atoms with Crippen LogP contribution < -0.4 is 5.32 Å². The number of amides is 1. The molecule has 2 aromatic carbocycles. The summed E-state index contributed by atoms with van der Waals surface area (Å²) in [5.74, 6) is -0.265. The van der Waals surface area contributed by atoms with Crippen molar-refractivity contribution in [2.45, 2.75) is 6.42 Å². The monoisotopic (exact) mass is 356 g/mol. The van der Waals surface area contributed by atoms with Crippen LogP contribution in [0.2, 0.25) is 10.0 Å². The molecule has 0 saturated heterocycles. The molecule has 0 aliphatic carbocycles. The molecule has 1 N–H and O–H groups in total. The van der Waals surface area contributed by atoms with Gasteiger partial charge in [-0.2, -0.15) is 0 Å². The Balaban J connectivity index is 1.68. The molecule has 0 saturated carbocycles. The SMILES string of the molecule is O=C(Nc1ccc(Cc2ccncc2)cc1)c1ccc(Cl)cc1Cl. The van der Waals surface area contributed by atoms with E-state index in [9.17, 15) is 4.79 Å². The maximum Gasteiger partial charge on any atom is 0.257 e. The molecule has 0 unspecified atom stereocenters. The number of nitrogens with one attached hydrogen (secondary N) is 1. The minimum atomic E-state index is -0.265. The number of nitrogens with zero attached hydrogens (tertiary/aromatic N) is 1. The fraction of sp³-hybridized carbons (Fsp3) is 0.0526. The van der Waals surface area contributed by atoms with Crippen LogP contribution in [-0.2, 0) is 6.42 Å².